The van der Waals surface area contributed by atoms with E-state index in [2.05, 4.69) is 48.3 Å². The molecule has 2 aromatic rings. The Hall–Kier alpha value is -1.89. The van der Waals surface area contributed by atoms with Gasteiger partial charge in [0.15, 0.2) is 0 Å². The van der Waals surface area contributed by atoms with Gasteiger partial charge in [-0.25, -0.2) is 0 Å². The van der Waals surface area contributed by atoms with Crippen molar-refractivity contribution in [3.63, 3.8) is 0 Å². The number of halogens is 1. The number of nitrogens with zero attached hydrogens (tertiary/aromatic N) is 5. The molecule has 0 atom stereocenters. The molecule has 1 N–H and O–H groups in total. The van der Waals surface area contributed by atoms with Gasteiger partial charge in [0.25, 0.3) is 0 Å². The van der Waals surface area contributed by atoms with Gasteiger partial charge in [-0.15, -0.1) is 0 Å². The lowest BCUT2D eigenvalue weighted by molar-refractivity contribution is 0.844. The SMILES string of the molecule is CNc1nc(N(C)C)nc(N(C)Cc2ccc(Br)cc2)n1. The van der Waals surface area contributed by atoms with E-state index >= 15 is 0 Å². The highest BCUT2D eigenvalue weighted by atomic mass is 79.9. The van der Waals surface area contributed by atoms with Gasteiger partial charge in [-0.3, -0.25) is 0 Å². The monoisotopic (exact) mass is 350 g/mol. The minimum absolute atomic E-state index is 0.561. The zero-order valence-corrected chi connectivity index (χ0v) is 14.2. The molecule has 0 aliphatic rings. The van der Waals surface area contributed by atoms with Crippen molar-refractivity contribution >= 4 is 33.8 Å². The van der Waals surface area contributed by atoms with Crippen LogP contribution >= 0.6 is 15.9 Å². The maximum absolute atomic E-state index is 4.47. The first-order chi connectivity index (χ1) is 9.99. The molecular weight excluding hydrogens is 332 g/mol. The Morgan fingerprint density at radius 2 is 1.62 bits per heavy atom. The van der Waals surface area contributed by atoms with Gasteiger partial charge in [0, 0.05) is 39.2 Å². The van der Waals surface area contributed by atoms with Gasteiger partial charge in [-0.2, -0.15) is 15.0 Å². The summed E-state index contributed by atoms with van der Waals surface area (Å²) in [7, 11) is 7.59. The second-order valence-electron chi connectivity index (χ2n) is 4.89. The Labute approximate surface area is 133 Å². The van der Waals surface area contributed by atoms with E-state index in [4.69, 9.17) is 0 Å². The fourth-order valence-corrected chi connectivity index (χ4v) is 2.04. The molecule has 21 heavy (non-hydrogen) atoms. The van der Waals surface area contributed by atoms with Crippen LogP contribution in [0, 0.1) is 0 Å². The summed E-state index contributed by atoms with van der Waals surface area (Å²) >= 11 is 3.44. The molecule has 0 bridgehead atoms. The van der Waals surface area contributed by atoms with E-state index in [1.54, 1.807) is 7.05 Å². The zero-order valence-electron chi connectivity index (χ0n) is 12.6. The molecular formula is C14H19BrN6. The second-order valence-corrected chi connectivity index (χ2v) is 5.80. The molecule has 0 aliphatic carbocycles. The van der Waals surface area contributed by atoms with Gasteiger partial charge >= 0.3 is 0 Å². The summed E-state index contributed by atoms with van der Waals surface area (Å²) in [5, 5.41) is 2.97. The summed E-state index contributed by atoms with van der Waals surface area (Å²) in [6.07, 6.45) is 0. The molecule has 0 amide bonds. The molecule has 0 aliphatic heterocycles. The van der Waals surface area contributed by atoms with Crippen molar-refractivity contribution < 1.29 is 0 Å². The second kappa shape index (κ2) is 6.71. The molecule has 0 radical (unpaired) electrons. The minimum Gasteiger partial charge on any atom is -0.357 e. The number of nitrogens with one attached hydrogen (secondary N) is 1. The van der Waals surface area contributed by atoms with E-state index in [9.17, 15) is 0 Å². The maximum Gasteiger partial charge on any atom is 0.232 e. The molecule has 0 saturated heterocycles. The highest BCUT2D eigenvalue weighted by Gasteiger charge is 2.11. The molecule has 7 heteroatoms. The van der Waals surface area contributed by atoms with Crippen molar-refractivity contribution in [3.8, 4) is 0 Å². The van der Waals surface area contributed by atoms with E-state index in [-0.39, 0.29) is 0 Å². The fraction of sp³-hybridized carbons (Fsp3) is 0.357. The average molecular weight is 351 g/mol. The molecule has 1 heterocycles. The Balaban J connectivity index is 2.23. The number of anilines is 3. The lowest BCUT2D eigenvalue weighted by Crippen LogP contribution is -2.22. The lowest BCUT2D eigenvalue weighted by atomic mass is 10.2. The first-order valence-electron chi connectivity index (χ1n) is 6.56. The van der Waals surface area contributed by atoms with Crippen LogP contribution in [0.25, 0.3) is 0 Å². The number of hydrogen-bond acceptors (Lipinski definition) is 6. The van der Waals surface area contributed by atoms with Crippen LogP contribution < -0.4 is 15.1 Å². The highest BCUT2D eigenvalue weighted by Crippen LogP contribution is 2.17. The standard InChI is InChI=1S/C14H19BrN6/c1-16-12-17-13(20(2)3)19-14(18-12)21(4)9-10-5-7-11(15)8-6-10/h5-8H,9H2,1-4H3,(H,16,17,18,19). The minimum atomic E-state index is 0.561. The Kier molecular flexibility index (Phi) is 4.95. The van der Waals surface area contributed by atoms with E-state index in [1.807, 2.05) is 43.1 Å². The normalized spacial score (nSPS) is 10.3. The summed E-state index contributed by atoms with van der Waals surface area (Å²) in [6, 6.07) is 8.21. The third-order valence-corrected chi connectivity index (χ3v) is 3.44. The van der Waals surface area contributed by atoms with Crippen LogP contribution in [-0.4, -0.2) is 43.1 Å². The van der Waals surface area contributed by atoms with Crippen molar-refractivity contribution in [1.29, 1.82) is 0 Å². The zero-order chi connectivity index (χ0) is 15.4. The molecule has 112 valence electrons. The van der Waals surface area contributed by atoms with Crippen LogP contribution in [0.1, 0.15) is 5.56 Å². The summed E-state index contributed by atoms with van der Waals surface area (Å²) < 4.78 is 1.07. The van der Waals surface area contributed by atoms with Crippen LogP contribution in [0.3, 0.4) is 0 Å². The summed E-state index contributed by atoms with van der Waals surface area (Å²) in [5.74, 6) is 1.83. The van der Waals surface area contributed by atoms with Crippen LogP contribution in [0.2, 0.25) is 0 Å². The van der Waals surface area contributed by atoms with Crippen molar-refractivity contribution in [2.45, 2.75) is 6.54 Å². The van der Waals surface area contributed by atoms with Crippen LogP contribution in [0.15, 0.2) is 28.7 Å². The molecule has 0 fully saturated rings. The topological polar surface area (TPSA) is 57.2 Å². The Morgan fingerprint density at radius 3 is 2.19 bits per heavy atom. The van der Waals surface area contributed by atoms with E-state index in [1.165, 1.54) is 5.56 Å². The van der Waals surface area contributed by atoms with Gasteiger partial charge in [0.2, 0.25) is 17.8 Å². The molecule has 1 aromatic carbocycles. The largest absolute Gasteiger partial charge is 0.357 e. The van der Waals surface area contributed by atoms with Crippen molar-refractivity contribution in [2.75, 3.05) is 43.3 Å². The lowest BCUT2D eigenvalue weighted by Gasteiger charge is -2.20. The Bertz CT molecular complexity index is 599. The van der Waals surface area contributed by atoms with Gasteiger partial charge in [-0.1, -0.05) is 28.1 Å². The molecule has 1 aromatic heterocycles. The van der Waals surface area contributed by atoms with Crippen LogP contribution in [0.4, 0.5) is 17.8 Å². The van der Waals surface area contributed by atoms with Gasteiger partial charge in [-0.05, 0) is 17.7 Å². The van der Waals surface area contributed by atoms with Gasteiger partial charge in [0.1, 0.15) is 0 Å². The maximum atomic E-state index is 4.47. The molecule has 0 spiro atoms. The average Bonchev–Trinajstić information content (AvgIpc) is 2.49. The summed E-state index contributed by atoms with van der Waals surface area (Å²) in [4.78, 5) is 17.1. The van der Waals surface area contributed by atoms with Crippen molar-refractivity contribution in [1.82, 2.24) is 15.0 Å². The van der Waals surface area contributed by atoms with Crippen molar-refractivity contribution in [2.24, 2.45) is 0 Å². The first kappa shape index (κ1) is 15.5. The predicted molar refractivity (Wildman–Crippen MR) is 89.9 cm³/mol. The van der Waals surface area contributed by atoms with Gasteiger partial charge < -0.3 is 15.1 Å². The molecule has 6 nitrogen and oxygen atoms in total. The third kappa shape index (κ3) is 4.04. The highest BCUT2D eigenvalue weighted by molar-refractivity contribution is 9.10. The summed E-state index contributed by atoms with van der Waals surface area (Å²) in [5.41, 5.74) is 1.19. The number of benzene rings is 1. The molecule has 2 rings (SSSR count). The smallest absolute Gasteiger partial charge is 0.232 e. The number of rotatable bonds is 5. The van der Waals surface area contributed by atoms with Crippen LogP contribution in [-0.2, 0) is 6.54 Å². The quantitative estimate of drug-likeness (QED) is 0.893. The fourth-order valence-electron chi connectivity index (χ4n) is 1.77. The molecule has 0 unspecified atom stereocenters. The van der Waals surface area contributed by atoms with Crippen molar-refractivity contribution in [3.05, 3.63) is 34.3 Å². The first-order valence-corrected chi connectivity index (χ1v) is 7.35. The van der Waals surface area contributed by atoms with Gasteiger partial charge in [0.05, 0.1) is 0 Å². The number of hydrogen-bond donors (Lipinski definition) is 1. The van der Waals surface area contributed by atoms with E-state index < -0.39 is 0 Å². The summed E-state index contributed by atoms with van der Waals surface area (Å²) in [6.45, 7) is 0.729. The Morgan fingerprint density at radius 1 is 1.00 bits per heavy atom. The molecule has 0 saturated carbocycles. The number of aromatic nitrogens is 3. The van der Waals surface area contributed by atoms with Crippen LogP contribution in [0.5, 0.6) is 0 Å². The van der Waals surface area contributed by atoms with E-state index in [0.717, 1.165) is 11.0 Å². The predicted octanol–water partition coefficient (Wildman–Crippen LogP) is 2.38. The third-order valence-electron chi connectivity index (χ3n) is 2.91. The van der Waals surface area contributed by atoms with E-state index in [0.29, 0.717) is 17.8 Å².